The van der Waals surface area contributed by atoms with Gasteiger partial charge in [-0.25, -0.2) is 4.98 Å². The number of amides is 2. The SMILES string of the molecule is C[C@@H]1CN([C@H](C)CO)C(=O)c2cccc(NC(=O)c3cnccn3)c2O[C@@H]1CN(C)Cc1ccc(Oc2ccccc2)cc1. The van der Waals surface area contributed by atoms with E-state index in [2.05, 4.69) is 20.2 Å². The van der Waals surface area contributed by atoms with Crippen LogP contribution in [0.2, 0.25) is 0 Å². The van der Waals surface area contributed by atoms with Crippen molar-refractivity contribution in [3.63, 3.8) is 0 Å². The summed E-state index contributed by atoms with van der Waals surface area (Å²) in [5.74, 6) is 1.00. The summed E-state index contributed by atoms with van der Waals surface area (Å²) in [4.78, 5) is 38.6. The first-order valence-electron chi connectivity index (χ1n) is 14.6. The van der Waals surface area contributed by atoms with E-state index in [1.807, 2.05) is 75.5 Å². The highest BCUT2D eigenvalue weighted by atomic mass is 16.5. The van der Waals surface area contributed by atoms with Crippen LogP contribution in [0.1, 0.15) is 40.3 Å². The monoisotopic (exact) mass is 595 g/mol. The molecule has 2 heterocycles. The third-order valence-electron chi connectivity index (χ3n) is 7.58. The van der Waals surface area contributed by atoms with E-state index in [4.69, 9.17) is 9.47 Å². The van der Waals surface area contributed by atoms with Crippen molar-refractivity contribution in [2.45, 2.75) is 32.5 Å². The molecule has 0 fully saturated rings. The summed E-state index contributed by atoms with van der Waals surface area (Å²) in [5.41, 5.74) is 1.92. The molecule has 0 unspecified atom stereocenters. The van der Waals surface area contributed by atoms with Crippen LogP contribution >= 0.6 is 0 Å². The first-order chi connectivity index (χ1) is 21.3. The standard InChI is InChI=1S/C34H37N5O5/c1-23-19-39(24(2)22-40)34(42)28-10-7-11-29(37-33(41)30-18-35-16-17-36-30)32(28)44-31(23)21-38(3)20-25-12-14-27(15-13-25)43-26-8-5-4-6-9-26/h4-18,23-24,31,40H,19-22H2,1-3H3,(H,37,41)/t23-,24-,31-/m1/s1. The number of nitrogens with zero attached hydrogens (tertiary/aromatic N) is 4. The molecule has 0 aliphatic carbocycles. The Morgan fingerprint density at radius 2 is 1.84 bits per heavy atom. The van der Waals surface area contributed by atoms with Gasteiger partial charge >= 0.3 is 0 Å². The molecule has 1 aliphatic rings. The number of ether oxygens (including phenoxy) is 2. The zero-order valence-electron chi connectivity index (χ0n) is 25.1. The Hall–Kier alpha value is -4.80. The van der Waals surface area contributed by atoms with E-state index in [1.54, 1.807) is 23.1 Å². The van der Waals surface area contributed by atoms with Crippen LogP contribution in [0.5, 0.6) is 17.2 Å². The molecule has 4 aromatic rings. The molecule has 3 aromatic carbocycles. The van der Waals surface area contributed by atoms with Crippen molar-refractivity contribution in [2.75, 3.05) is 32.1 Å². The third-order valence-corrected chi connectivity index (χ3v) is 7.58. The number of aromatic nitrogens is 2. The molecule has 2 N–H and O–H groups in total. The minimum Gasteiger partial charge on any atom is -0.486 e. The maximum absolute atomic E-state index is 13.7. The molecular formula is C34H37N5O5. The zero-order valence-corrected chi connectivity index (χ0v) is 25.1. The Balaban J connectivity index is 1.36. The summed E-state index contributed by atoms with van der Waals surface area (Å²) in [6.07, 6.45) is 3.97. The first kappa shape index (κ1) is 30.7. The number of aliphatic hydroxyl groups is 1. The molecule has 10 heteroatoms. The second-order valence-corrected chi connectivity index (χ2v) is 11.1. The first-order valence-corrected chi connectivity index (χ1v) is 14.6. The second kappa shape index (κ2) is 14.1. The van der Waals surface area contributed by atoms with Crippen molar-refractivity contribution in [3.8, 4) is 17.2 Å². The Bertz CT molecular complexity index is 1550. The van der Waals surface area contributed by atoms with Crippen molar-refractivity contribution in [1.82, 2.24) is 19.8 Å². The van der Waals surface area contributed by atoms with Crippen LogP contribution < -0.4 is 14.8 Å². The van der Waals surface area contributed by atoms with Gasteiger partial charge in [-0.1, -0.05) is 43.3 Å². The Kier molecular flexibility index (Phi) is 9.83. The third kappa shape index (κ3) is 7.39. The van der Waals surface area contributed by atoms with E-state index in [1.165, 1.54) is 18.6 Å². The van der Waals surface area contributed by atoms with Crippen molar-refractivity contribution < 1.29 is 24.2 Å². The summed E-state index contributed by atoms with van der Waals surface area (Å²) < 4.78 is 12.5. The zero-order chi connectivity index (χ0) is 31.1. The minimum atomic E-state index is -0.466. The van der Waals surface area contributed by atoms with Crippen molar-refractivity contribution in [3.05, 3.63) is 108 Å². The van der Waals surface area contributed by atoms with Gasteiger partial charge in [0.2, 0.25) is 0 Å². The van der Waals surface area contributed by atoms with Crippen LogP contribution in [0.3, 0.4) is 0 Å². The molecule has 3 atom stereocenters. The number of fused-ring (bicyclic) bond motifs is 1. The van der Waals surface area contributed by atoms with E-state index in [-0.39, 0.29) is 36.0 Å². The molecule has 228 valence electrons. The quantitative estimate of drug-likeness (QED) is 0.267. The number of likely N-dealkylation sites (N-methyl/N-ethyl adjacent to an activating group) is 1. The smallest absolute Gasteiger partial charge is 0.275 e. The van der Waals surface area contributed by atoms with Crippen LogP contribution in [0.15, 0.2) is 91.4 Å². The number of carbonyl (C=O) groups excluding carboxylic acids is 2. The fraction of sp³-hybridized carbons (Fsp3) is 0.294. The molecule has 0 bridgehead atoms. The van der Waals surface area contributed by atoms with Crippen LogP contribution in [0.25, 0.3) is 0 Å². The van der Waals surface area contributed by atoms with Gasteiger partial charge < -0.3 is 24.8 Å². The van der Waals surface area contributed by atoms with Crippen LogP contribution in [0.4, 0.5) is 5.69 Å². The van der Waals surface area contributed by atoms with E-state index in [9.17, 15) is 14.7 Å². The molecule has 0 saturated heterocycles. The largest absolute Gasteiger partial charge is 0.486 e. The average molecular weight is 596 g/mol. The fourth-order valence-electron chi connectivity index (χ4n) is 5.13. The van der Waals surface area contributed by atoms with Gasteiger partial charge in [0, 0.05) is 37.9 Å². The highest BCUT2D eigenvalue weighted by molar-refractivity contribution is 6.06. The molecule has 1 aromatic heterocycles. The van der Waals surface area contributed by atoms with Crippen LogP contribution in [-0.2, 0) is 6.54 Å². The molecule has 1 aliphatic heterocycles. The molecule has 2 amide bonds. The number of hydrogen-bond donors (Lipinski definition) is 2. The van der Waals surface area contributed by atoms with Crippen LogP contribution in [0, 0.1) is 5.92 Å². The van der Waals surface area contributed by atoms with Gasteiger partial charge in [0.15, 0.2) is 5.75 Å². The van der Waals surface area contributed by atoms with E-state index < -0.39 is 11.9 Å². The highest BCUT2D eigenvalue weighted by Gasteiger charge is 2.34. The van der Waals surface area contributed by atoms with Gasteiger partial charge in [0.25, 0.3) is 11.8 Å². The average Bonchev–Trinajstić information content (AvgIpc) is 3.04. The topological polar surface area (TPSA) is 117 Å². The lowest BCUT2D eigenvalue weighted by Gasteiger charge is -2.38. The van der Waals surface area contributed by atoms with Crippen LogP contribution in [-0.4, -0.2) is 75.6 Å². The summed E-state index contributed by atoms with van der Waals surface area (Å²) >= 11 is 0. The number of nitrogens with one attached hydrogen (secondary N) is 1. The molecule has 0 spiro atoms. The maximum Gasteiger partial charge on any atom is 0.275 e. The van der Waals surface area contributed by atoms with E-state index in [0.717, 1.165) is 17.1 Å². The Morgan fingerprint density at radius 3 is 2.55 bits per heavy atom. The number of aliphatic hydroxyl groups excluding tert-OH is 1. The Morgan fingerprint density at radius 1 is 1.09 bits per heavy atom. The van der Waals surface area contributed by atoms with E-state index >= 15 is 0 Å². The van der Waals surface area contributed by atoms with Gasteiger partial charge in [-0.15, -0.1) is 0 Å². The van der Waals surface area contributed by atoms with Gasteiger partial charge in [0.1, 0.15) is 23.3 Å². The molecule has 0 saturated carbocycles. The number of benzene rings is 3. The number of carbonyl (C=O) groups is 2. The van der Waals surface area contributed by atoms with Gasteiger partial charge in [-0.05, 0) is 55.9 Å². The number of hydrogen-bond acceptors (Lipinski definition) is 8. The van der Waals surface area contributed by atoms with Crippen molar-refractivity contribution >= 4 is 17.5 Å². The molecule has 10 nitrogen and oxygen atoms in total. The number of rotatable bonds is 10. The van der Waals surface area contributed by atoms with E-state index in [0.29, 0.717) is 30.9 Å². The maximum atomic E-state index is 13.7. The molecule has 0 radical (unpaired) electrons. The minimum absolute atomic E-state index is 0.0889. The normalized spacial score (nSPS) is 17.2. The van der Waals surface area contributed by atoms with Gasteiger partial charge in [-0.2, -0.15) is 0 Å². The summed E-state index contributed by atoms with van der Waals surface area (Å²) in [5, 5.41) is 12.8. The molecule has 44 heavy (non-hydrogen) atoms. The molecule has 5 rings (SSSR count). The fourth-order valence-corrected chi connectivity index (χ4v) is 5.13. The predicted molar refractivity (Wildman–Crippen MR) is 167 cm³/mol. The second-order valence-electron chi connectivity index (χ2n) is 11.1. The Labute approximate surface area is 257 Å². The summed E-state index contributed by atoms with van der Waals surface area (Å²) in [7, 11) is 2.02. The van der Waals surface area contributed by atoms with Crippen molar-refractivity contribution in [2.24, 2.45) is 5.92 Å². The predicted octanol–water partition coefficient (Wildman–Crippen LogP) is 4.87. The van der Waals surface area contributed by atoms with Gasteiger partial charge in [-0.3, -0.25) is 19.5 Å². The highest BCUT2D eigenvalue weighted by Crippen LogP contribution is 2.35. The lowest BCUT2D eigenvalue weighted by atomic mass is 9.98. The number of anilines is 1. The lowest BCUT2D eigenvalue weighted by molar-refractivity contribution is 0.0343. The lowest BCUT2D eigenvalue weighted by Crippen LogP contribution is -2.49. The van der Waals surface area contributed by atoms with Gasteiger partial charge in [0.05, 0.1) is 30.1 Å². The van der Waals surface area contributed by atoms with Crippen molar-refractivity contribution in [1.29, 1.82) is 0 Å². The summed E-state index contributed by atoms with van der Waals surface area (Å²) in [6.45, 7) is 5.28. The number of para-hydroxylation sites is 2. The molecular weight excluding hydrogens is 558 g/mol. The summed E-state index contributed by atoms with van der Waals surface area (Å²) in [6, 6.07) is 22.3.